The van der Waals surface area contributed by atoms with Crippen LogP contribution in [0.4, 0.5) is 0 Å². The Hall–Kier alpha value is -0.00610. The van der Waals surface area contributed by atoms with Gasteiger partial charge in [-0.3, -0.25) is 0 Å². The van der Waals surface area contributed by atoms with Gasteiger partial charge in [0, 0.05) is 32.7 Å². The molecule has 0 unspecified atom stereocenters. The topological polar surface area (TPSA) is 9.23 Å². The predicted molar refractivity (Wildman–Crippen MR) is 46.8 cm³/mol. The van der Waals surface area contributed by atoms with Crippen LogP contribution in [-0.2, 0) is 32.7 Å². The van der Waals surface area contributed by atoms with Gasteiger partial charge in [-0.2, -0.15) is 18.1 Å². The summed E-state index contributed by atoms with van der Waals surface area (Å²) >= 11 is 0. The Morgan fingerprint density at radius 3 is 2.42 bits per heavy atom. The number of aryl methyl sites for hydroxylation is 1. The van der Waals surface area contributed by atoms with E-state index in [1.807, 2.05) is 19.1 Å². The molecule has 0 aliphatic heterocycles. The Morgan fingerprint density at radius 2 is 1.92 bits per heavy atom. The molecule has 63 valence electrons. The maximum Gasteiger partial charge on any atom is 0.0759 e. The van der Waals surface area contributed by atoms with Gasteiger partial charge in [-0.15, -0.1) is 11.6 Å². The molecule has 1 radical (unpaired) electrons. The molecule has 0 N–H and O–H groups in total. The summed E-state index contributed by atoms with van der Waals surface area (Å²) in [5, 5.41) is 0. The Morgan fingerprint density at radius 1 is 1.25 bits per heavy atom. The summed E-state index contributed by atoms with van der Waals surface area (Å²) in [7, 11) is 1.69. The van der Waals surface area contributed by atoms with Gasteiger partial charge in [-0.05, 0) is 6.07 Å². The van der Waals surface area contributed by atoms with Gasteiger partial charge in [-0.1, -0.05) is 13.8 Å². The van der Waals surface area contributed by atoms with Gasteiger partial charge in [-0.25, -0.2) is 0 Å². The number of hydrogen-bond acceptors (Lipinski definition) is 1. The monoisotopic (exact) mass is 238 g/mol. The van der Waals surface area contributed by atoms with Gasteiger partial charge >= 0.3 is 0 Å². The normalized spacial score (nSPS) is 8.58. The first kappa shape index (κ1) is 12.0. The first-order valence-electron chi connectivity index (χ1n) is 3.71. The quantitative estimate of drug-likeness (QED) is 0.719. The second-order valence-electron chi connectivity index (χ2n) is 2.57. The molecule has 0 amide bonds. The van der Waals surface area contributed by atoms with Gasteiger partial charge in [0.1, 0.15) is 0 Å². The smallest absolute Gasteiger partial charge is 0.0759 e. The van der Waals surface area contributed by atoms with Crippen LogP contribution in [0.1, 0.15) is 18.1 Å². The SMILES string of the molecule is C[CH-]c1cc(C)cc(OC)c1.[Y]. The minimum absolute atomic E-state index is 0. The van der Waals surface area contributed by atoms with E-state index < -0.39 is 0 Å². The summed E-state index contributed by atoms with van der Waals surface area (Å²) < 4.78 is 5.12. The van der Waals surface area contributed by atoms with E-state index in [1.54, 1.807) is 7.11 Å². The standard InChI is InChI=1S/C10H13O.Y/c1-4-9-5-8(2)6-10(7-9)11-3;/h4-7H,1-3H3;/q-1;. The molecule has 1 aromatic carbocycles. The van der Waals surface area contributed by atoms with Crippen LogP contribution < -0.4 is 4.74 Å². The fourth-order valence-corrected chi connectivity index (χ4v) is 1.06. The zero-order valence-corrected chi connectivity index (χ0v) is 10.6. The van der Waals surface area contributed by atoms with Crippen LogP contribution in [0, 0.1) is 13.3 Å². The van der Waals surface area contributed by atoms with Crippen LogP contribution >= 0.6 is 0 Å². The fraction of sp³-hybridized carbons (Fsp3) is 0.300. The molecule has 0 saturated carbocycles. The van der Waals surface area contributed by atoms with Crippen molar-refractivity contribution in [1.82, 2.24) is 0 Å². The Balaban J connectivity index is 0.00000121. The zero-order chi connectivity index (χ0) is 8.27. The minimum atomic E-state index is 0. The number of benzene rings is 1. The van der Waals surface area contributed by atoms with Crippen molar-refractivity contribution in [2.75, 3.05) is 7.11 Å². The summed E-state index contributed by atoms with van der Waals surface area (Å²) in [6.07, 6.45) is 2.06. The van der Waals surface area contributed by atoms with Crippen LogP contribution in [0.3, 0.4) is 0 Å². The third-order valence-electron chi connectivity index (χ3n) is 1.64. The number of methoxy groups -OCH3 is 1. The Kier molecular flexibility index (Phi) is 5.60. The summed E-state index contributed by atoms with van der Waals surface area (Å²) in [6.45, 7) is 4.09. The molecular formula is C10H13OY-. The maximum atomic E-state index is 5.12. The van der Waals surface area contributed by atoms with E-state index in [4.69, 9.17) is 4.74 Å². The molecule has 0 heterocycles. The largest absolute Gasteiger partial charge is 0.510 e. The van der Waals surface area contributed by atoms with Crippen LogP contribution in [0.5, 0.6) is 5.75 Å². The molecule has 0 saturated heterocycles. The van der Waals surface area contributed by atoms with E-state index in [9.17, 15) is 0 Å². The molecule has 0 aromatic heterocycles. The van der Waals surface area contributed by atoms with Crippen LogP contribution in [-0.4, -0.2) is 7.11 Å². The summed E-state index contributed by atoms with van der Waals surface area (Å²) in [5.41, 5.74) is 2.44. The van der Waals surface area contributed by atoms with Crippen molar-refractivity contribution in [3.8, 4) is 5.75 Å². The molecule has 1 aromatic rings. The number of rotatable bonds is 2. The van der Waals surface area contributed by atoms with Crippen molar-refractivity contribution in [3.63, 3.8) is 0 Å². The molecule has 0 aliphatic rings. The van der Waals surface area contributed by atoms with Crippen molar-refractivity contribution >= 4 is 0 Å². The molecule has 2 heteroatoms. The van der Waals surface area contributed by atoms with E-state index in [-0.39, 0.29) is 32.7 Å². The zero-order valence-electron chi connectivity index (χ0n) is 7.79. The fourth-order valence-electron chi connectivity index (χ4n) is 1.06. The average Bonchev–Trinajstić information content (AvgIpc) is 2.03. The Labute approximate surface area is 99.4 Å². The van der Waals surface area contributed by atoms with Crippen LogP contribution in [0.2, 0.25) is 0 Å². The first-order valence-corrected chi connectivity index (χ1v) is 3.71. The first-order chi connectivity index (χ1) is 5.26. The third-order valence-corrected chi connectivity index (χ3v) is 1.64. The summed E-state index contributed by atoms with van der Waals surface area (Å²) in [4.78, 5) is 0. The molecule has 1 nitrogen and oxygen atoms in total. The molecule has 1 rings (SSSR count). The maximum absolute atomic E-state index is 5.12. The van der Waals surface area contributed by atoms with Gasteiger partial charge in [0.2, 0.25) is 0 Å². The predicted octanol–water partition coefficient (Wildman–Crippen LogP) is 2.57. The van der Waals surface area contributed by atoms with Crippen molar-refractivity contribution in [2.24, 2.45) is 0 Å². The van der Waals surface area contributed by atoms with Crippen LogP contribution in [0.25, 0.3) is 0 Å². The molecule has 0 spiro atoms. The Bertz CT molecular complexity index is 223. The van der Waals surface area contributed by atoms with Gasteiger partial charge in [0.05, 0.1) is 12.9 Å². The van der Waals surface area contributed by atoms with E-state index in [1.165, 1.54) is 11.1 Å². The molecule has 12 heavy (non-hydrogen) atoms. The third kappa shape index (κ3) is 3.16. The van der Waals surface area contributed by atoms with Crippen molar-refractivity contribution in [3.05, 3.63) is 35.7 Å². The molecule has 0 fully saturated rings. The van der Waals surface area contributed by atoms with Gasteiger partial charge < -0.3 is 4.74 Å². The minimum Gasteiger partial charge on any atom is -0.510 e. The molecule has 0 aliphatic carbocycles. The average molecular weight is 238 g/mol. The second-order valence-corrected chi connectivity index (χ2v) is 2.57. The molecular weight excluding hydrogens is 225 g/mol. The van der Waals surface area contributed by atoms with Gasteiger partial charge in [0.25, 0.3) is 0 Å². The summed E-state index contributed by atoms with van der Waals surface area (Å²) in [5.74, 6) is 0.929. The van der Waals surface area contributed by atoms with Gasteiger partial charge in [0.15, 0.2) is 0 Å². The van der Waals surface area contributed by atoms with Crippen LogP contribution in [0.15, 0.2) is 18.2 Å². The van der Waals surface area contributed by atoms with Crippen molar-refractivity contribution < 1.29 is 37.4 Å². The number of ether oxygens (including phenoxy) is 1. The van der Waals surface area contributed by atoms with Crippen molar-refractivity contribution in [2.45, 2.75) is 13.8 Å². The van der Waals surface area contributed by atoms with E-state index in [2.05, 4.69) is 19.4 Å². The molecule has 0 bridgehead atoms. The second kappa shape index (κ2) is 5.61. The van der Waals surface area contributed by atoms with Crippen molar-refractivity contribution in [1.29, 1.82) is 0 Å². The number of hydrogen-bond donors (Lipinski definition) is 0. The molecule has 0 atom stereocenters. The van der Waals surface area contributed by atoms with E-state index in [0.29, 0.717) is 0 Å². The summed E-state index contributed by atoms with van der Waals surface area (Å²) in [6, 6.07) is 6.17. The van der Waals surface area contributed by atoms with E-state index >= 15 is 0 Å². The van der Waals surface area contributed by atoms with E-state index in [0.717, 1.165) is 5.75 Å².